The van der Waals surface area contributed by atoms with Crippen molar-refractivity contribution in [3.8, 4) is 5.69 Å². The summed E-state index contributed by atoms with van der Waals surface area (Å²) in [5.74, 6) is 0.190. The number of pyridine rings is 1. The molecule has 0 radical (unpaired) electrons. The number of likely N-dealkylation sites (tertiary alicyclic amines) is 1. The molecule has 1 atom stereocenters. The highest BCUT2D eigenvalue weighted by Gasteiger charge is 2.48. The number of H-pyrrole nitrogens is 1. The van der Waals surface area contributed by atoms with Crippen molar-refractivity contribution >= 4 is 16.9 Å². The Hall–Kier alpha value is -3.93. The minimum atomic E-state index is -4.75. The predicted octanol–water partition coefficient (Wildman–Crippen LogP) is 5.11. The number of carboxylic acid groups (broad SMARTS) is 1. The first-order chi connectivity index (χ1) is 19.9. The zero-order chi connectivity index (χ0) is 30.0. The lowest BCUT2D eigenvalue weighted by atomic mass is 9.58. The number of carboxylic acids is 1. The minimum absolute atomic E-state index is 0.0457. The molecule has 2 aliphatic rings. The van der Waals surface area contributed by atoms with Gasteiger partial charge in [-0.1, -0.05) is 13.8 Å². The van der Waals surface area contributed by atoms with Gasteiger partial charge in [-0.15, -0.1) is 10.2 Å². The molecule has 0 unspecified atom stereocenters. The number of piperidine rings is 1. The maximum atomic E-state index is 14.4. The van der Waals surface area contributed by atoms with Crippen molar-refractivity contribution in [2.24, 2.45) is 18.9 Å². The SMILES string of the molecule is CC1CC(c2cc(C(=O)O)cc(-n3cc(C(F)(F)F)c4cc(CN5CCC[C@H](C)C5)[nH]c4c3=O)c2)(c2nncn2C)C1. The van der Waals surface area contributed by atoms with Crippen LogP contribution in [-0.2, 0) is 25.2 Å². The highest BCUT2D eigenvalue weighted by molar-refractivity contribution is 5.89. The molecule has 4 heterocycles. The molecule has 2 N–H and O–H groups in total. The number of benzene rings is 1. The Bertz CT molecular complexity index is 1730. The zero-order valence-electron chi connectivity index (χ0n) is 23.7. The molecule has 1 saturated carbocycles. The standard InChI is InChI=1S/C30H33F3N6O3/c1-17-5-4-6-38(13-17)14-21-10-23-24(30(31,32)33)15-39(26(40)25(23)35-21)22-8-19(27(41)42)7-20(9-22)29(11-18(2)12-29)28-36-34-16-37(28)3/h7-10,15-18,35H,4-6,11-14H2,1-3H3,(H,41,42)/t17-,18?,29?/m0/s1. The van der Waals surface area contributed by atoms with Crippen LogP contribution in [0.4, 0.5) is 13.2 Å². The van der Waals surface area contributed by atoms with Gasteiger partial charge in [0.05, 0.1) is 16.5 Å². The van der Waals surface area contributed by atoms with E-state index in [0.717, 1.165) is 36.7 Å². The van der Waals surface area contributed by atoms with Crippen LogP contribution in [0.15, 0.2) is 41.6 Å². The first-order valence-electron chi connectivity index (χ1n) is 14.2. The molecular formula is C30H33F3N6O3. The Kier molecular flexibility index (Phi) is 6.79. The number of hydrogen-bond donors (Lipinski definition) is 2. The second-order valence-corrected chi connectivity index (χ2v) is 12.2. The summed E-state index contributed by atoms with van der Waals surface area (Å²) in [6, 6.07) is 5.79. The molecule has 12 heteroatoms. The summed E-state index contributed by atoms with van der Waals surface area (Å²) in [4.78, 5) is 31.2. The van der Waals surface area contributed by atoms with Crippen LogP contribution in [-0.4, -0.2) is 53.4 Å². The van der Waals surface area contributed by atoms with E-state index < -0.39 is 28.7 Å². The molecule has 6 rings (SSSR count). The Labute approximate surface area is 240 Å². The maximum Gasteiger partial charge on any atom is 0.418 e. The summed E-state index contributed by atoms with van der Waals surface area (Å²) in [5, 5.41) is 18.1. The molecule has 2 fully saturated rings. The van der Waals surface area contributed by atoms with E-state index in [1.807, 2.05) is 0 Å². The van der Waals surface area contributed by atoms with Gasteiger partial charge in [-0.2, -0.15) is 13.2 Å². The van der Waals surface area contributed by atoms with E-state index in [4.69, 9.17) is 0 Å². The summed E-state index contributed by atoms with van der Waals surface area (Å²) in [5.41, 5.74) is -1.47. The fraction of sp³-hybridized carbons (Fsp3) is 0.467. The Balaban J connectivity index is 1.52. The van der Waals surface area contributed by atoms with Crippen LogP contribution in [0.1, 0.15) is 72.5 Å². The van der Waals surface area contributed by atoms with Crippen molar-refractivity contribution in [2.75, 3.05) is 13.1 Å². The number of aromatic carboxylic acids is 1. The number of rotatable bonds is 6. The summed E-state index contributed by atoms with van der Waals surface area (Å²) < 4.78 is 46.0. The number of carbonyl (C=O) groups is 1. The van der Waals surface area contributed by atoms with Crippen molar-refractivity contribution in [3.05, 3.63) is 75.4 Å². The monoisotopic (exact) mass is 582 g/mol. The number of fused-ring (bicyclic) bond motifs is 1. The summed E-state index contributed by atoms with van der Waals surface area (Å²) in [6.07, 6.45) is 1.03. The van der Waals surface area contributed by atoms with Crippen LogP contribution < -0.4 is 5.56 Å². The molecule has 9 nitrogen and oxygen atoms in total. The zero-order valence-corrected chi connectivity index (χ0v) is 23.7. The van der Waals surface area contributed by atoms with E-state index >= 15 is 0 Å². The maximum absolute atomic E-state index is 14.4. The van der Waals surface area contributed by atoms with Gasteiger partial charge >= 0.3 is 12.1 Å². The third-order valence-corrected chi connectivity index (χ3v) is 8.82. The number of nitrogens with one attached hydrogen (secondary N) is 1. The van der Waals surface area contributed by atoms with Gasteiger partial charge in [0.15, 0.2) is 0 Å². The number of hydrogen-bond acceptors (Lipinski definition) is 5. The second kappa shape index (κ2) is 10.1. The third kappa shape index (κ3) is 4.81. The fourth-order valence-electron chi connectivity index (χ4n) is 6.99. The molecule has 0 amide bonds. The van der Waals surface area contributed by atoms with Crippen LogP contribution in [0, 0.1) is 11.8 Å². The molecule has 1 saturated heterocycles. The van der Waals surface area contributed by atoms with E-state index in [9.17, 15) is 27.9 Å². The quantitative estimate of drug-likeness (QED) is 0.327. The van der Waals surface area contributed by atoms with E-state index in [0.29, 0.717) is 48.3 Å². The van der Waals surface area contributed by atoms with Crippen molar-refractivity contribution in [2.45, 2.75) is 57.7 Å². The van der Waals surface area contributed by atoms with Gasteiger partial charge in [-0.05, 0) is 73.9 Å². The van der Waals surface area contributed by atoms with E-state index in [-0.39, 0.29) is 22.2 Å². The van der Waals surface area contributed by atoms with Crippen molar-refractivity contribution in [1.29, 1.82) is 0 Å². The fourth-order valence-corrected chi connectivity index (χ4v) is 6.99. The molecule has 1 aliphatic heterocycles. The molecule has 42 heavy (non-hydrogen) atoms. The lowest BCUT2D eigenvalue weighted by Crippen LogP contribution is -2.43. The van der Waals surface area contributed by atoms with Crippen molar-refractivity contribution in [3.63, 3.8) is 0 Å². The number of aryl methyl sites for hydroxylation is 1. The van der Waals surface area contributed by atoms with Gasteiger partial charge in [0.1, 0.15) is 17.7 Å². The van der Waals surface area contributed by atoms with Crippen LogP contribution in [0.3, 0.4) is 0 Å². The molecular weight excluding hydrogens is 549 g/mol. The molecule has 1 aliphatic carbocycles. The lowest BCUT2D eigenvalue weighted by molar-refractivity contribution is -0.136. The van der Waals surface area contributed by atoms with E-state index in [1.54, 1.807) is 24.0 Å². The number of nitrogens with zero attached hydrogens (tertiary/aromatic N) is 5. The summed E-state index contributed by atoms with van der Waals surface area (Å²) in [7, 11) is 1.80. The minimum Gasteiger partial charge on any atom is -0.478 e. The smallest absolute Gasteiger partial charge is 0.418 e. The largest absolute Gasteiger partial charge is 0.478 e. The summed E-state index contributed by atoms with van der Waals surface area (Å²) in [6.45, 7) is 6.30. The molecule has 222 valence electrons. The molecule has 0 spiro atoms. The van der Waals surface area contributed by atoms with Gasteiger partial charge in [0.25, 0.3) is 5.56 Å². The Morgan fingerprint density at radius 1 is 1.17 bits per heavy atom. The van der Waals surface area contributed by atoms with Gasteiger partial charge in [0.2, 0.25) is 0 Å². The van der Waals surface area contributed by atoms with Gasteiger partial charge in [-0.25, -0.2) is 4.79 Å². The Morgan fingerprint density at radius 3 is 2.55 bits per heavy atom. The first-order valence-corrected chi connectivity index (χ1v) is 14.2. The average Bonchev–Trinajstić information content (AvgIpc) is 3.52. The number of aromatic amines is 1. The number of halogens is 3. The summed E-state index contributed by atoms with van der Waals surface area (Å²) >= 11 is 0. The topological polar surface area (TPSA) is 109 Å². The van der Waals surface area contributed by atoms with Crippen LogP contribution in [0.5, 0.6) is 0 Å². The van der Waals surface area contributed by atoms with E-state index in [2.05, 4.69) is 33.9 Å². The molecule has 3 aromatic heterocycles. The molecule has 4 aromatic rings. The normalized spacial score (nSPS) is 23.3. The Morgan fingerprint density at radius 2 is 1.93 bits per heavy atom. The second-order valence-electron chi connectivity index (χ2n) is 12.2. The predicted molar refractivity (Wildman–Crippen MR) is 150 cm³/mol. The first kappa shape index (κ1) is 28.2. The van der Waals surface area contributed by atoms with Gasteiger partial charge < -0.3 is 14.7 Å². The van der Waals surface area contributed by atoms with Crippen molar-refractivity contribution < 1.29 is 23.1 Å². The highest BCUT2D eigenvalue weighted by atomic mass is 19.4. The number of aromatic nitrogens is 5. The van der Waals surface area contributed by atoms with Crippen LogP contribution in [0.25, 0.3) is 16.6 Å². The average molecular weight is 583 g/mol. The lowest BCUT2D eigenvalue weighted by Gasteiger charge is -2.46. The molecule has 1 aromatic carbocycles. The highest BCUT2D eigenvalue weighted by Crippen LogP contribution is 2.52. The van der Waals surface area contributed by atoms with Gasteiger partial charge in [0, 0.05) is 43.1 Å². The van der Waals surface area contributed by atoms with E-state index in [1.165, 1.54) is 18.2 Å². The third-order valence-electron chi connectivity index (χ3n) is 8.82. The molecule has 0 bridgehead atoms. The van der Waals surface area contributed by atoms with Crippen LogP contribution >= 0.6 is 0 Å². The number of alkyl halides is 3. The van der Waals surface area contributed by atoms with Crippen molar-refractivity contribution in [1.82, 2.24) is 29.2 Å². The van der Waals surface area contributed by atoms with Gasteiger partial charge in [-0.3, -0.25) is 14.3 Å². The van der Waals surface area contributed by atoms with Crippen LogP contribution in [0.2, 0.25) is 0 Å².